The van der Waals surface area contributed by atoms with E-state index in [-0.39, 0.29) is 31.0 Å². The number of nitrogens with one attached hydrogen (secondary N) is 4. The quantitative estimate of drug-likeness (QED) is 0.344. The number of para-hydroxylation sites is 1. The number of hydrogen-bond acceptors (Lipinski definition) is 8. The van der Waals surface area contributed by atoms with Gasteiger partial charge in [0.2, 0.25) is 17.7 Å². The van der Waals surface area contributed by atoms with Gasteiger partial charge in [0.15, 0.2) is 0 Å². The number of fused-ring (bicyclic) bond motifs is 1. The van der Waals surface area contributed by atoms with E-state index in [1.807, 2.05) is 0 Å². The highest BCUT2D eigenvalue weighted by atomic mass is 16.5. The average Bonchev–Trinajstić information content (AvgIpc) is 2.85. The Morgan fingerprint density at radius 2 is 2.00 bits per heavy atom. The molecule has 0 saturated carbocycles. The molecule has 1 aromatic carbocycles. The minimum Gasteiger partial charge on any atom is -0.491 e. The monoisotopic (exact) mass is 470 g/mol. The Kier molecular flexibility index (Phi) is 8.86. The number of amides is 4. The summed E-state index contributed by atoms with van der Waals surface area (Å²) in [6, 6.07) is 3.98. The SMILES string of the molecule is O=C1C[C@@H](C(=O)NCCc2cnccn2)NC(=O)c2ccccc2OCCNC(=O)[C@H](CO)N1. The lowest BCUT2D eigenvalue weighted by Gasteiger charge is -2.22. The number of rotatable bonds is 5. The molecule has 1 aliphatic rings. The molecule has 2 heterocycles. The van der Waals surface area contributed by atoms with Crippen molar-refractivity contribution in [3.8, 4) is 5.75 Å². The summed E-state index contributed by atoms with van der Waals surface area (Å²) in [4.78, 5) is 58.7. The van der Waals surface area contributed by atoms with Crippen LogP contribution in [0.5, 0.6) is 5.75 Å². The van der Waals surface area contributed by atoms with Gasteiger partial charge in [0.1, 0.15) is 24.4 Å². The maximum absolute atomic E-state index is 12.9. The third kappa shape index (κ3) is 6.97. The molecule has 1 aromatic heterocycles. The molecule has 4 amide bonds. The number of aliphatic hydroxyl groups excluding tert-OH is 1. The van der Waals surface area contributed by atoms with E-state index in [1.54, 1.807) is 24.4 Å². The molecule has 0 fully saturated rings. The number of carbonyl (C=O) groups is 4. The molecule has 0 spiro atoms. The minimum atomic E-state index is -1.24. The number of benzene rings is 1. The number of carbonyl (C=O) groups excluding carboxylic acids is 4. The van der Waals surface area contributed by atoms with E-state index in [1.165, 1.54) is 18.5 Å². The zero-order chi connectivity index (χ0) is 24.3. The van der Waals surface area contributed by atoms with Crippen LogP contribution in [0, 0.1) is 0 Å². The van der Waals surface area contributed by atoms with Gasteiger partial charge in [-0.05, 0) is 12.1 Å². The van der Waals surface area contributed by atoms with Crippen molar-refractivity contribution in [2.24, 2.45) is 0 Å². The number of aliphatic hydroxyl groups is 1. The molecule has 3 rings (SSSR count). The van der Waals surface area contributed by atoms with Crippen molar-refractivity contribution in [1.29, 1.82) is 0 Å². The van der Waals surface area contributed by atoms with E-state index in [0.717, 1.165) is 0 Å². The Balaban J connectivity index is 1.77. The third-order valence-corrected chi connectivity index (χ3v) is 4.93. The van der Waals surface area contributed by atoms with Gasteiger partial charge in [-0.2, -0.15) is 0 Å². The molecule has 0 unspecified atom stereocenters. The summed E-state index contributed by atoms with van der Waals surface area (Å²) in [5.74, 6) is -2.22. The predicted octanol–water partition coefficient (Wildman–Crippen LogP) is -1.69. The van der Waals surface area contributed by atoms with E-state index < -0.39 is 48.7 Å². The maximum atomic E-state index is 12.9. The van der Waals surface area contributed by atoms with Gasteiger partial charge in [-0.25, -0.2) is 0 Å². The van der Waals surface area contributed by atoms with Gasteiger partial charge < -0.3 is 31.1 Å². The number of ether oxygens (including phenoxy) is 1. The third-order valence-electron chi connectivity index (χ3n) is 4.93. The normalized spacial score (nSPS) is 19.4. The summed E-state index contributed by atoms with van der Waals surface area (Å²) in [5, 5.41) is 19.7. The smallest absolute Gasteiger partial charge is 0.255 e. The molecule has 180 valence electrons. The van der Waals surface area contributed by atoms with Crippen molar-refractivity contribution in [2.45, 2.75) is 24.9 Å². The summed E-state index contributed by atoms with van der Waals surface area (Å²) in [7, 11) is 0. The van der Waals surface area contributed by atoms with Crippen LogP contribution < -0.4 is 26.0 Å². The fourth-order valence-electron chi connectivity index (χ4n) is 3.21. The summed E-state index contributed by atoms with van der Waals surface area (Å²) >= 11 is 0. The van der Waals surface area contributed by atoms with Gasteiger partial charge in [0.05, 0.1) is 30.8 Å². The predicted molar refractivity (Wildman–Crippen MR) is 119 cm³/mol. The molecule has 34 heavy (non-hydrogen) atoms. The summed E-state index contributed by atoms with van der Waals surface area (Å²) in [6.07, 6.45) is 4.59. The highest BCUT2D eigenvalue weighted by molar-refractivity contribution is 6.01. The molecule has 0 aliphatic carbocycles. The Labute approximate surface area is 195 Å². The van der Waals surface area contributed by atoms with Crippen molar-refractivity contribution in [2.75, 3.05) is 26.3 Å². The fourth-order valence-corrected chi connectivity index (χ4v) is 3.21. The molecule has 2 aromatic rings. The Hall–Kier alpha value is -4.06. The van der Waals surface area contributed by atoms with E-state index in [0.29, 0.717) is 12.1 Å². The molecule has 1 aliphatic heterocycles. The second-order valence-corrected chi connectivity index (χ2v) is 7.41. The molecule has 0 radical (unpaired) electrons. The topological polar surface area (TPSA) is 172 Å². The van der Waals surface area contributed by atoms with Crippen LogP contribution in [0.15, 0.2) is 42.9 Å². The average molecular weight is 470 g/mol. The van der Waals surface area contributed by atoms with Crippen molar-refractivity contribution in [1.82, 2.24) is 31.2 Å². The van der Waals surface area contributed by atoms with Crippen molar-refractivity contribution in [3.63, 3.8) is 0 Å². The second-order valence-electron chi connectivity index (χ2n) is 7.41. The molecular weight excluding hydrogens is 444 g/mol. The molecule has 12 nitrogen and oxygen atoms in total. The van der Waals surface area contributed by atoms with Gasteiger partial charge in [-0.1, -0.05) is 12.1 Å². The van der Waals surface area contributed by atoms with Crippen LogP contribution in [0.25, 0.3) is 0 Å². The van der Waals surface area contributed by atoms with Crippen LogP contribution in [0.2, 0.25) is 0 Å². The Bertz CT molecular complexity index is 1020. The summed E-state index contributed by atoms with van der Waals surface area (Å²) in [5.41, 5.74) is 0.843. The lowest BCUT2D eigenvalue weighted by molar-refractivity contribution is -0.131. The maximum Gasteiger partial charge on any atom is 0.255 e. The zero-order valence-corrected chi connectivity index (χ0v) is 18.3. The Morgan fingerprint density at radius 1 is 1.18 bits per heavy atom. The van der Waals surface area contributed by atoms with Gasteiger partial charge in [-0.15, -0.1) is 0 Å². The van der Waals surface area contributed by atoms with Gasteiger partial charge in [0, 0.05) is 31.6 Å². The summed E-state index contributed by atoms with van der Waals surface area (Å²) < 4.78 is 5.61. The van der Waals surface area contributed by atoms with Crippen LogP contribution >= 0.6 is 0 Å². The first-order chi connectivity index (χ1) is 16.5. The molecule has 0 saturated heterocycles. The lowest BCUT2D eigenvalue weighted by Crippen LogP contribution is -2.53. The highest BCUT2D eigenvalue weighted by Crippen LogP contribution is 2.18. The van der Waals surface area contributed by atoms with Crippen LogP contribution in [-0.2, 0) is 20.8 Å². The summed E-state index contributed by atoms with van der Waals surface area (Å²) in [6.45, 7) is -0.290. The minimum absolute atomic E-state index is 0.0500. The van der Waals surface area contributed by atoms with Crippen LogP contribution in [0.1, 0.15) is 22.5 Å². The first kappa shape index (κ1) is 24.6. The highest BCUT2D eigenvalue weighted by Gasteiger charge is 2.28. The zero-order valence-electron chi connectivity index (χ0n) is 18.3. The number of nitrogens with zero attached hydrogens (tertiary/aromatic N) is 2. The molecule has 5 N–H and O–H groups in total. The number of aromatic nitrogens is 2. The van der Waals surface area contributed by atoms with Crippen molar-refractivity contribution in [3.05, 3.63) is 54.1 Å². The van der Waals surface area contributed by atoms with Gasteiger partial charge in [-0.3, -0.25) is 29.1 Å². The number of hydrogen-bond donors (Lipinski definition) is 5. The van der Waals surface area contributed by atoms with Crippen LogP contribution in [0.3, 0.4) is 0 Å². The van der Waals surface area contributed by atoms with E-state index in [4.69, 9.17) is 4.74 Å². The fraction of sp³-hybridized carbons (Fsp3) is 0.364. The molecule has 12 heteroatoms. The van der Waals surface area contributed by atoms with E-state index >= 15 is 0 Å². The van der Waals surface area contributed by atoms with E-state index in [2.05, 4.69) is 31.2 Å². The van der Waals surface area contributed by atoms with Gasteiger partial charge in [0.25, 0.3) is 5.91 Å². The largest absolute Gasteiger partial charge is 0.491 e. The second kappa shape index (κ2) is 12.3. The van der Waals surface area contributed by atoms with Crippen LogP contribution in [-0.4, -0.2) is 77.1 Å². The first-order valence-corrected chi connectivity index (χ1v) is 10.7. The standard InChI is InChI=1S/C22H26N6O6/c29-13-17-22(33)26-9-10-34-18-4-2-1-3-15(18)20(31)28-16(11-19(30)27-17)21(32)25-6-5-14-12-23-7-8-24-14/h1-4,7-8,12,16-17,29H,5-6,9-11,13H2,(H,25,32)(H,26,33)(H,27,30)(H,28,31)/t16-,17-/m0/s1. The molecule has 2 atom stereocenters. The van der Waals surface area contributed by atoms with Crippen LogP contribution in [0.4, 0.5) is 0 Å². The van der Waals surface area contributed by atoms with Crippen molar-refractivity contribution < 1.29 is 29.0 Å². The molecular formula is C22H26N6O6. The van der Waals surface area contributed by atoms with E-state index in [9.17, 15) is 24.3 Å². The first-order valence-electron chi connectivity index (χ1n) is 10.7. The van der Waals surface area contributed by atoms with Crippen molar-refractivity contribution >= 4 is 23.6 Å². The lowest BCUT2D eigenvalue weighted by atomic mass is 10.1. The Morgan fingerprint density at radius 3 is 2.76 bits per heavy atom. The van der Waals surface area contributed by atoms with Gasteiger partial charge >= 0.3 is 0 Å². The molecule has 0 bridgehead atoms.